The van der Waals surface area contributed by atoms with Gasteiger partial charge >= 0.3 is 12.1 Å². The van der Waals surface area contributed by atoms with Crippen molar-refractivity contribution in [1.82, 2.24) is 10.9 Å². The van der Waals surface area contributed by atoms with Crippen molar-refractivity contribution in [2.75, 3.05) is 0 Å². The Morgan fingerprint density at radius 3 is 1.88 bits per heavy atom. The molecular formula is C15H8Br2F2N2O4. The molecule has 130 valence electrons. The van der Waals surface area contributed by atoms with E-state index in [2.05, 4.69) is 36.6 Å². The summed E-state index contributed by atoms with van der Waals surface area (Å²) >= 11 is 6.02. The molecule has 0 aliphatic carbocycles. The van der Waals surface area contributed by atoms with Gasteiger partial charge in [-0.3, -0.25) is 10.2 Å². The fraction of sp³-hybridized carbons (Fsp3) is 0. The van der Waals surface area contributed by atoms with E-state index >= 15 is 0 Å². The van der Waals surface area contributed by atoms with Gasteiger partial charge in [0.2, 0.25) is 0 Å². The van der Waals surface area contributed by atoms with E-state index in [0.29, 0.717) is 4.47 Å². The smallest absolute Gasteiger partial charge is 0.371 e. The van der Waals surface area contributed by atoms with E-state index in [9.17, 15) is 23.2 Å². The van der Waals surface area contributed by atoms with Gasteiger partial charge in [0.15, 0.2) is 0 Å². The fourth-order valence-electron chi connectivity index (χ4n) is 1.71. The summed E-state index contributed by atoms with van der Waals surface area (Å²) in [5.41, 5.74) is 3.49. The van der Waals surface area contributed by atoms with Gasteiger partial charge in [-0.1, -0.05) is 31.9 Å². The lowest BCUT2D eigenvalue weighted by Crippen LogP contribution is -2.42. The number of ether oxygens (including phenoxy) is 1. The van der Waals surface area contributed by atoms with Crippen LogP contribution in [-0.2, 0) is 4.74 Å². The zero-order valence-corrected chi connectivity index (χ0v) is 15.3. The van der Waals surface area contributed by atoms with Gasteiger partial charge in [-0.15, -0.1) is 0 Å². The van der Waals surface area contributed by atoms with Crippen LogP contribution in [0.4, 0.5) is 13.6 Å². The van der Waals surface area contributed by atoms with Gasteiger partial charge in [0, 0.05) is 14.5 Å². The summed E-state index contributed by atoms with van der Waals surface area (Å²) in [6.07, 6.45) is -1.30. The minimum atomic E-state index is -1.30. The maximum Gasteiger partial charge on any atom is 0.434 e. The molecule has 0 heterocycles. The molecule has 0 saturated carbocycles. The Hall–Kier alpha value is -2.33. The minimum absolute atomic E-state index is 0.0763. The molecule has 0 atom stereocenters. The molecule has 0 radical (unpaired) electrons. The molecule has 0 spiro atoms. The van der Waals surface area contributed by atoms with Crippen LogP contribution in [-0.4, -0.2) is 18.0 Å². The zero-order valence-electron chi connectivity index (χ0n) is 12.1. The highest BCUT2D eigenvalue weighted by Gasteiger charge is 2.16. The molecule has 2 aromatic rings. The van der Waals surface area contributed by atoms with Crippen molar-refractivity contribution >= 4 is 49.8 Å². The van der Waals surface area contributed by atoms with Crippen LogP contribution in [0.5, 0.6) is 0 Å². The molecule has 0 unspecified atom stereocenters. The van der Waals surface area contributed by atoms with Gasteiger partial charge in [0.05, 0.1) is 5.56 Å². The molecule has 10 heteroatoms. The molecule has 2 N–H and O–H groups in total. The summed E-state index contributed by atoms with van der Waals surface area (Å²) in [5, 5.41) is 0. The van der Waals surface area contributed by atoms with Crippen LogP contribution in [0.15, 0.2) is 45.3 Å². The summed E-state index contributed by atoms with van der Waals surface area (Å²) in [6, 6.07) is 6.66. The Morgan fingerprint density at radius 2 is 1.32 bits per heavy atom. The van der Waals surface area contributed by atoms with Crippen molar-refractivity contribution in [3.63, 3.8) is 0 Å². The second-order valence-corrected chi connectivity index (χ2v) is 6.40. The summed E-state index contributed by atoms with van der Waals surface area (Å²) in [7, 11) is 0. The number of benzene rings is 2. The van der Waals surface area contributed by atoms with Crippen LogP contribution in [0.25, 0.3) is 0 Å². The van der Waals surface area contributed by atoms with Crippen molar-refractivity contribution in [2.24, 2.45) is 0 Å². The third kappa shape index (κ3) is 5.61. The largest absolute Gasteiger partial charge is 0.434 e. The number of hydrogen-bond donors (Lipinski definition) is 2. The van der Waals surface area contributed by atoms with E-state index in [1.807, 2.05) is 10.9 Å². The van der Waals surface area contributed by atoms with Crippen LogP contribution in [0.2, 0.25) is 0 Å². The van der Waals surface area contributed by atoms with E-state index in [4.69, 9.17) is 0 Å². The predicted molar refractivity (Wildman–Crippen MR) is 89.6 cm³/mol. The summed E-state index contributed by atoms with van der Waals surface area (Å²) in [6.45, 7) is 0. The van der Waals surface area contributed by atoms with Gasteiger partial charge in [-0.25, -0.2) is 23.8 Å². The van der Waals surface area contributed by atoms with Gasteiger partial charge in [0.25, 0.3) is 5.91 Å². The van der Waals surface area contributed by atoms with Gasteiger partial charge < -0.3 is 4.74 Å². The molecule has 0 aromatic heterocycles. The molecule has 0 aliphatic rings. The monoisotopic (exact) mass is 476 g/mol. The van der Waals surface area contributed by atoms with E-state index < -0.39 is 29.6 Å². The number of nitrogens with one attached hydrogen (secondary N) is 2. The molecule has 0 aliphatic heterocycles. The molecule has 0 fully saturated rings. The number of carbonyl (C=O) groups excluding carboxylic acids is 3. The first-order chi connectivity index (χ1) is 11.7. The number of hydrazine groups is 1. The lowest BCUT2D eigenvalue weighted by molar-refractivity contribution is 0.0606. The summed E-state index contributed by atoms with van der Waals surface area (Å²) in [5.74, 6) is -3.32. The van der Waals surface area contributed by atoms with Crippen molar-refractivity contribution in [1.29, 1.82) is 0 Å². The number of hydrogen-bond acceptors (Lipinski definition) is 4. The number of carbonyl (C=O) groups is 3. The highest BCUT2D eigenvalue weighted by molar-refractivity contribution is 9.10. The lowest BCUT2D eigenvalue weighted by atomic mass is 10.2. The zero-order chi connectivity index (χ0) is 18.6. The van der Waals surface area contributed by atoms with Crippen LogP contribution in [0.1, 0.15) is 20.7 Å². The Morgan fingerprint density at radius 1 is 0.800 bits per heavy atom. The first-order valence-corrected chi connectivity index (χ1v) is 8.08. The lowest BCUT2D eigenvalue weighted by Gasteiger charge is -2.08. The van der Waals surface area contributed by atoms with Gasteiger partial charge in [-0.05, 0) is 36.4 Å². The average Bonchev–Trinajstić information content (AvgIpc) is 2.50. The van der Waals surface area contributed by atoms with E-state index in [-0.39, 0.29) is 15.6 Å². The number of rotatable bonds is 2. The predicted octanol–water partition coefficient (Wildman–Crippen LogP) is 3.70. The van der Waals surface area contributed by atoms with Crippen LogP contribution in [0.3, 0.4) is 0 Å². The highest BCUT2D eigenvalue weighted by Crippen LogP contribution is 2.16. The van der Waals surface area contributed by atoms with E-state index in [0.717, 1.165) is 24.3 Å². The standard InChI is InChI=1S/C15H8Br2F2N2O4/c16-9-1-7(3-11(18)5-9)13(22)20-21-15(24)25-14(23)8-2-10(17)6-12(19)4-8/h1-6H,(H,20,22)(H,21,24). The molecule has 0 bridgehead atoms. The van der Waals surface area contributed by atoms with Gasteiger partial charge in [0.1, 0.15) is 11.6 Å². The van der Waals surface area contributed by atoms with Crippen LogP contribution < -0.4 is 10.9 Å². The van der Waals surface area contributed by atoms with Crippen molar-refractivity contribution < 1.29 is 27.9 Å². The SMILES string of the molecule is O=C(NNC(=O)c1cc(F)cc(Br)c1)OC(=O)c1cc(F)cc(Br)c1. The van der Waals surface area contributed by atoms with E-state index in [1.54, 1.807) is 0 Å². The topological polar surface area (TPSA) is 84.5 Å². The first-order valence-electron chi connectivity index (χ1n) is 6.49. The minimum Gasteiger partial charge on any atom is -0.371 e. The molecular weight excluding hydrogens is 470 g/mol. The third-order valence-electron chi connectivity index (χ3n) is 2.69. The molecule has 2 aromatic carbocycles. The van der Waals surface area contributed by atoms with E-state index in [1.165, 1.54) is 12.1 Å². The molecule has 2 rings (SSSR count). The fourth-order valence-corrected chi connectivity index (χ4v) is 2.64. The maximum absolute atomic E-state index is 13.2. The third-order valence-corrected chi connectivity index (χ3v) is 3.60. The van der Waals surface area contributed by atoms with Crippen LogP contribution in [0, 0.1) is 11.6 Å². The second kappa shape index (κ2) is 8.17. The van der Waals surface area contributed by atoms with Crippen molar-refractivity contribution in [3.05, 3.63) is 68.1 Å². The number of esters is 1. The Bertz CT molecular complexity index is 821. The maximum atomic E-state index is 13.2. The second-order valence-electron chi connectivity index (χ2n) is 4.57. The average molecular weight is 478 g/mol. The summed E-state index contributed by atoms with van der Waals surface area (Å²) in [4.78, 5) is 35.0. The normalized spacial score (nSPS) is 10.1. The van der Waals surface area contributed by atoms with Crippen LogP contribution >= 0.6 is 31.9 Å². The quantitative estimate of drug-likeness (QED) is 0.392. The van der Waals surface area contributed by atoms with Crippen molar-refractivity contribution in [3.8, 4) is 0 Å². The Kier molecular flexibility index (Phi) is 6.21. The van der Waals surface area contributed by atoms with Crippen molar-refractivity contribution in [2.45, 2.75) is 0 Å². The molecule has 25 heavy (non-hydrogen) atoms. The Labute approximate surface area is 156 Å². The summed E-state index contributed by atoms with van der Waals surface area (Å²) < 4.78 is 31.4. The number of halogens is 4. The van der Waals surface area contributed by atoms with Gasteiger partial charge in [-0.2, -0.15) is 0 Å². The number of amides is 2. The molecule has 6 nitrogen and oxygen atoms in total. The first kappa shape index (κ1) is 19.0. The molecule has 0 saturated heterocycles. The Balaban J connectivity index is 1.93. The highest BCUT2D eigenvalue weighted by atomic mass is 79.9. The molecule has 2 amide bonds.